The van der Waals surface area contributed by atoms with Gasteiger partial charge in [0.2, 0.25) is 5.91 Å². The molecule has 3 N–H and O–H groups in total. The van der Waals surface area contributed by atoms with Crippen LogP contribution in [-0.4, -0.2) is 38.1 Å². The fourth-order valence-electron chi connectivity index (χ4n) is 3.01. The largest absolute Gasteiger partial charge is 0.493 e. The number of nitrogens with zero attached hydrogens (tertiary/aromatic N) is 1. The van der Waals surface area contributed by atoms with Crippen LogP contribution in [0.15, 0.2) is 53.5 Å². The Hall–Kier alpha value is -3.09. The van der Waals surface area contributed by atoms with Gasteiger partial charge in [-0.1, -0.05) is 30.3 Å². The normalized spacial score (nSPS) is 13.5. The zero-order valence-electron chi connectivity index (χ0n) is 18.0. The molecule has 0 heterocycles. The molecule has 0 saturated heterocycles. The predicted molar refractivity (Wildman–Crippen MR) is 121 cm³/mol. The van der Waals surface area contributed by atoms with E-state index in [0.717, 1.165) is 30.0 Å². The number of rotatable bonds is 11. The molecule has 7 heteroatoms. The topological polar surface area (TPSA) is 74.8 Å². The van der Waals surface area contributed by atoms with Crippen LogP contribution in [-0.2, 0) is 17.8 Å². The van der Waals surface area contributed by atoms with Crippen LogP contribution in [0.25, 0.3) is 0 Å². The van der Waals surface area contributed by atoms with Gasteiger partial charge in [-0.25, -0.2) is 9.38 Å². The van der Waals surface area contributed by atoms with Gasteiger partial charge in [0, 0.05) is 25.2 Å². The molecule has 31 heavy (non-hydrogen) atoms. The number of para-hydroxylation sites is 1. The van der Waals surface area contributed by atoms with Crippen molar-refractivity contribution in [2.75, 3.05) is 26.2 Å². The summed E-state index contributed by atoms with van der Waals surface area (Å²) in [5.74, 6) is 1.88. The van der Waals surface area contributed by atoms with E-state index in [1.54, 1.807) is 12.1 Å². The summed E-state index contributed by atoms with van der Waals surface area (Å²) in [5.41, 5.74) is 1.83. The molecule has 1 aliphatic carbocycles. The fourth-order valence-corrected chi connectivity index (χ4v) is 3.01. The molecule has 0 aromatic heterocycles. The molecule has 1 aliphatic rings. The van der Waals surface area contributed by atoms with Crippen molar-refractivity contribution in [2.24, 2.45) is 10.9 Å². The highest BCUT2D eigenvalue weighted by molar-refractivity contribution is 5.80. The van der Waals surface area contributed by atoms with Gasteiger partial charge < -0.3 is 20.7 Å². The lowest BCUT2D eigenvalue weighted by Gasteiger charge is -2.13. The second-order valence-corrected chi connectivity index (χ2v) is 7.64. The van der Waals surface area contributed by atoms with Crippen LogP contribution >= 0.6 is 0 Å². The highest BCUT2D eigenvalue weighted by Crippen LogP contribution is 2.30. The van der Waals surface area contributed by atoms with E-state index < -0.39 is 0 Å². The molecule has 6 nitrogen and oxygen atoms in total. The van der Waals surface area contributed by atoms with E-state index in [2.05, 4.69) is 20.9 Å². The van der Waals surface area contributed by atoms with Gasteiger partial charge in [0.05, 0.1) is 19.6 Å². The van der Waals surface area contributed by atoms with E-state index in [1.165, 1.54) is 25.0 Å². The summed E-state index contributed by atoms with van der Waals surface area (Å²) in [6.45, 7) is 5.03. The Labute approximate surface area is 183 Å². The lowest BCUT2D eigenvalue weighted by atomic mass is 10.1. The molecule has 2 aromatic rings. The first-order valence-electron chi connectivity index (χ1n) is 10.9. The zero-order valence-corrected chi connectivity index (χ0v) is 18.0. The molecule has 0 atom stereocenters. The molecule has 166 valence electrons. The number of carbonyl (C=O) groups excluding carboxylic acids is 1. The van der Waals surface area contributed by atoms with E-state index in [4.69, 9.17) is 4.74 Å². The first-order valence-corrected chi connectivity index (χ1v) is 10.9. The number of guanidine groups is 1. The number of benzene rings is 2. The van der Waals surface area contributed by atoms with Crippen LogP contribution in [0.1, 0.15) is 30.9 Å². The summed E-state index contributed by atoms with van der Waals surface area (Å²) >= 11 is 0. The van der Waals surface area contributed by atoms with Crippen LogP contribution in [0.5, 0.6) is 5.75 Å². The summed E-state index contributed by atoms with van der Waals surface area (Å²) in [6.07, 6.45) is 2.75. The number of hydrogen-bond donors (Lipinski definition) is 3. The molecular weight excluding hydrogens is 395 g/mol. The van der Waals surface area contributed by atoms with Crippen molar-refractivity contribution in [3.8, 4) is 5.75 Å². The Kier molecular flexibility index (Phi) is 8.70. The standard InChI is InChI=1S/C24H31FN4O2/c1-2-26-24(28-14-13-27-23(30)15-18-9-11-21(25)12-10-18)29-16-20-5-3-4-6-22(20)31-17-19-7-8-19/h3-6,9-12,19H,2,7-8,13-17H2,1H3,(H,27,30)(H2,26,28,29). The highest BCUT2D eigenvalue weighted by Gasteiger charge is 2.22. The summed E-state index contributed by atoms with van der Waals surface area (Å²) in [7, 11) is 0. The van der Waals surface area contributed by atoms with Gasteiger partial charge in [-0.2, -0.15) is 0 Å². The van der Waals surface area contributed by atoms with Gasteiger partial charge in [-0.05, 0) is 49.4 Å². The third-order valence-electron chi connectivity index (χ3n) is 4.91. The van der Waals surface area contributed by atoms with Gasteiger partial charge in [-0.3, -0.25) is 4.79 Å². The first kappa shape index (κ1) is 22.6. The van der Waals surface area contributed by atoms with E-state index in [0.29, 0.717) is 31.5 Å². The molecule has 0 radical (unpaired) electrons. The number of aliphatic imine (C=N–C) groups is 1. The molecule has 0 unspecified atom stereocenters. The van der Waals surface area contributed by atoms with Crippen LogP contribution in [0, 0.1) is 11.7 Å². The van der Waals surface area contributed by atoms with Crippen molar-refractivity contribution >= 4 is 11.9 Å². The fraction of sp³-hybridized carbons (Fsp3) is 0.417. The van der Waals surface area contributed by atoms with Crippen molar-refractivity contribution < 1.29 is 13.9 Å². The van der Waals surface area contributed by atoms with Crippen molar-refractivity contribution in [1.82, 2.24) is 16.0 Å². The second kappa shape index (κ2) is 11.9. The third-order valence-corrected chi connectivity index (χ3v) is 4.91. The van der Waals surface area contributed by atoms with E-state index in [1.807, 2.05) is 31.2 Å². The molecule has 2 aromatic carbocycles. The van der Waals surface area contributed by atoms with Crippen LogP contribution in [0.3, 0.4) is 0 Å². The van der Waals surface area contributed by atoms with Crippen molar-refractivity contribution in [3.63, 3.8) is 0 Å². The summed E-state index contributed by atoms with van der Waals surface area (Å²) < 4.78 is 18.9. The van der Waals surface area contributed by atoms with Crippen LogP contribution in [0.4, 0.5) is 4.39 Å². The maximum atomic E-state index is 12.9. The van der Waals surface area contributed by atoms with Gasteiger partial charge in [-0.15, -0.1) is 0 Å². The minimum absolute atomic E-state index is 0.0999. The lowest BCUT2D eigenvalue weighted by Crippen LogP contribution is -2.41. The quantitative estimate of drug-likeness (QED) is 0.293. The molecule has 1 fully saturated rings. The van der Waals surface area contributed by atoms with E-state index >= 15 is 0 Å². The number of hydrogen-bond acceptors (Lipinski definition) is 3. The Morgan fingerprint density at radius 1 is 1.06 bits per heavy atom. The van der Waals surface area contributed by atoms with Crippen molar-refractivity contribution in [3.05, 3.63) is 65.5 Å². The molecule has 0 spiro atoms. The molecule has 0 bridgehead atoms. The number of halogens is 1. The maximum absolute atomic E-state index is 12.9. The predicted octanol–water partition coefficient (Wildman–Crippen LogP) is 3.03. The number of nitrogens with one attached hydrogen (secondary N) is 3. The molecular formula is C24H31FN4O2. The van der Waals surface area contributed by atoms with Crippen molar-refractivity contribution in [1.29, 1.82) is 0 Å². The molecule has 1 amide bonds. The highest BCUT2D eigenvalue weighted by atomic mass is 19.1. The molecule has 3 rings (SSSR count). The summed E-state index contributed by atoms with van der Waals surface area (Å²) in [6, 6.07) is 14.0. The monoisotopic (exact) mass is 426 g/mol. The smallest absolute Gasteiger partial charge is 0.224 e. The van der Waals surface area contributed by atoms with Gasteiger partial charge in [0.25, 0.3) is 0 Å². The molecule has 0 aliphatic heterocycles. The number of carbonyl (C=O) groups is 1. The van der Waals surface area contributed by atoms with Crippen LogP contribution < -0.4 is 20.7 Å². The average molecular weight is 427 g/mol. The zero-order chi connectivity index (χ0) is 21.9. The molecule has 1 saturated carbocycles. The lowest BCUT2D eigenvalue weighted by molar-refractivity contribution is -0.120. The van der Waals surface area contributed by atoms with Crippen molar-refractivity contribution in [2.45, 2.75) is 32.7 Å². The number of ether oxygens (including phenoxy) is 1. The Bertz CT molecular complexity index is 866. The Morgan fingerprint density at radius 2 is 1.81 bits per heavy atom. The maximum Gasteiger partial charge on any atom is 0.224 e. The minimum Gasteiger partial charge on any atom is -0.493 e. The van der Waals surface area contributed by atoms with Gasteiger partial charge in [0.1, 0.15) is 11.6 Å². The average Bonchev–Trinajstić information content (AvgIpc) is 3.60. The number of amides is 1. The minimum atomic E-state index is -0.305. The first-order chi connectivity index (χ1) is 15.1. The SMILES string of the molecule is CCNC(=NCc1ccccc1OCC1CC1)NCCNC(=O)Cc1ccc(F)cc1. The summed E-state index contributed by atoms with van der Waals surface area (Å²) in [5, 5.41) is 9.31. The van der Waals surface area contributed by atoms with E-state index in [-0.39, 0.29) is 18.1 Å². The van der Waals surface area contributed by atoms with Gasteiger partial charge >= 0.3 is 0 Å². The third kappa shape index (κ3) is 8.28. The summed E-state index contributed by atoms with van der Waals surface area (Å²) in [4.78, 5) is 16.7. The van der Waals surface area contributed by atoms with Crippen LogP contribution in [0.2, 0.25) is 0 Å². The second-order valence-electron chi connectivity index (χ2n) is 7.64. The Morgan fingerprint density at radius 3 is 2.55 bits per heavy atom. The van der Waals surface area contributed by atoms with E-state index in [9.17, 15) is 9.18 Å². The van der Waals surface area contributed by atoms with Gasteiger partial charge in [0.15, 0.2) is 5.96 Å². The Balaban J connectivity index is 1.43.